The molecule has 0 unspecified atom stereocenters. The lowest BCUT2D eigenvalue weighted by molar-refractivity contribution is 0.976. The molecule has 0 N–H and O–H groups in total. The minimum atomic E-state index is 0.653. The number of aliphatic imine (C=N–C) groups is 1. The van der Waals surface area contributed by atoms with Crippen LogP contribution in [0.1, 0.15) is 12.5 Å². The van der Waals surface area contributed by atoms with Crippen LogP contribution in [0.4, 0.5) is 0 Å². The van der Waals surface area contributed by atoms with E-state index in [-0.39, 0.29) is 0 Å². The molecule has 0 spiro atoms. The van der Waals surface area contributed by atoms with E-state index in [2.05, 4.69) is 36.2 Å². The summed E-state index contributed by atoms with van der Waals surface area (Å²) in [5.41, 5.74) is 1.26. The monoisotopic (exact) mass is 177 g/mol. The van der Waals surface area contributed by atoms with Crippen LogP contribution in [0, 0.1) is 0 Å². The molecule has 1 atom stereocenters. The lowest BCUT2D eigenvalue weighted by atomic mass is 10.2. The van der Waals surface area contributed by atoms with Gasteiger partial charge >= 0.3 is 0 Å². The van der Waals surface area contributed by atoms with Crippen molar-refractivity contribution in [1.82, 2.24) is 0 Å². The van der Waals surface area contributed by atoms with Gasteiger partial charge in [0.1, 0.15) is 0 Å². The molecule has 1 aromatic carbocycles. The minimum Gasteiger partial charge on any atom is -0.277 e. The SMILES string of the molecule is C[C@@H]1CN=C(c2ccccc2)S1. The largest absolute Gasteiger partial charge is 0.277 e. The predicted octanol–water partition coefficient (Wildman–Crippen LogP) is 2.57. The number of benzene rings is 1. The molecule has 0 amide bonds. The van der Waals surface area contributed by atoms with Gasteiger partial charge in [0.2, 0.25) is 0 Å². The maximum absolute atomic E-state index is 4.47. The summed E-state index contributed by atoms with van der Waals surface area (Å²) in [5, 5.41) is 1.85. The lowest BCUT2D eigenvalue weighted by Gasteiger charge is -1.99. The molecular formula is C10H11NS. The highest BCUT2D eigenvalue weighted by Crippen LogP contribution is 2.24. The van der Waals surface area contributed by atoms with Crippen molar-refractivity contribution in [3.63, 3.8) is 0 Å². The molecule has 0 fully saturated rings. The Kier molecular flexibility index (Phi) is 2.17. The molecule has 0 aliphatic carbocycles. The van der Waals surface area contributed by atoms with Gasteiger partial charge in [0.15, 0.2) is 0 Å². The Labute approximate surface area is 76.9 Å². The van der Waals surface area contributed by atoms with Gasteiger partial charge in [0.05, 0.1) is 11.6 Å². The maximum Gasteiger partial charge on any atom is 0.0980 e. The molecule has 0 radical (unpaired) electrons. The average Bonchev–Trinajstić information content (AvgIpc) is 2.54. The summed E-state index contributed by atoms with van der Waals surface area (Å²) < 4.78 is 0. The third-order valence-corrected chi connectivity index (χ3v) is 2.97. The summed E-state index contributed by atoms with van der Waals surface area (Å²) in [4.78, 5) is 4.47. The second-order valence-corrected chi connectivity index (χ2v) is 4.37. The van der Waals surface area contributed by atoms with Gasteiger partial charge in [-0.05, 0) is 0 Å². The fourth-order valence-corrected chi connectivity index (χ4v) is 2.17. The van der Waals surface area contributed by atoms with Crippen molar-refractivity contribution in [3.05, 3.63) is 35.9 Å². The van der Waals surface area contributed by atoms with E-state index in [1.807, 2.05) is 17.8 Å². The summed E-state index contributed by atoms with van der Waals surface area (Å²) in [6, 6.07) is 10.4. The molecule has 1 aliphatic rings. The zero-order valence-electron chi connectivity index (χ0n) is 7.03. The van der Waals surface area contributed by atoms with Crippen molar-refractivity contribution in [1.29, 1.82) is 0 Å². The van der Waals surface area contributed by atoms with Crippen LogP contribution in [0.25, 0.3) is 0 Å². The molecule has 2 heteroatoms. The molecule has 2 rings (SSSR count). The first-order valence-electron chi connectivity index (χ1n) is 4.13. The summed E-state index contributed by atoms with van der Waals surface area (Å²) in [7, 11) is 0. The Morgan fingerprint density at radius 3 is 2.67 bits per heavy atom. The predicted molar refractivity (Wildman–Crippen MR) is 54.9 cm³/mol. The summed E-state index contributed by atoms with van der Waals surface area (Å²) >= 11 is 1.87. The molecule has 0 bridgehead atoms. The second kappa shape index (κ2) is 3.31. The van der Waals surface area contributed by atoms with Gasteiger partial charge in [0.25, 0.3) is 0 Å². The smallest absolute Gasteiger partial charge is 0.0980 e. The Morgan fingerprint density at radius 2 is 2.08 bits per heavy atom. The fourth-order valence-electron chi connectivity index (χ4n) is 1.22. The number of thioether (sulfide) groups is 1. The minimum absolute atomic E-state index is 0.653. The van der Waals surface area contributed by atoms with Crippen LogP contribution in [-0.4, -0.2) is 16.8 Å². The number of hydrogen-bond acceptors (Lipinski definition) is 2. The molecule has 1 aromatic rings. The standard InChI is InChI=1S/C10H11NS/c1-8-7-11-10(12-8)9-5-3-2-4-6-9/h2-6,8H,7H2,1H3/t8-/m1/s1. The Hall–Kier alpha value is -0.760. The molecule has 0 aromatic heterocycles. The van der Waals surface area contributed by atoms with Gasteiger partial charge in [-0.3, -0.25) is 4.99 Å². The number of nitrogens with zero attached hydrogens (tertiary/aromatic N) is 1. The van der Waals surface area contributed by atoms with Crippen LogP contribution in [-0.2, 0) is 0 Å². The van der Waals surface area contributed by atoms with Crippen molar-refractivity contribution in [3.8, 4) is 0 Å². The first-order chi connectivity index (χ1) is 5.86. The number of rotatable bonds is 1. The molecule has 0 saturated heterocycles. The second-order valence-electron chi connectivity index (χ2n) is 2.94. The summed E-state index contributed by atoms with van der Waals surface area (Å²) in [6.07, 6.45) is 0. The zero-order chi connectivity index (χ0) is 8.39. The highest BCUT2D eigenvalue weighted by molar-refractivity contribution is 8.15. The van der Waals surface area contributed by atoms with Crippen molar-refractivity contribution >= 4 is 16.8 Å². The molecule has 1 aliphatic heterocycles. The fraction of sp³-hybridized carbons (Fsp3) is 0.300. The van der Waals surface area contributed by atoms with E-state index >= 15 is 0 Å². The van der Waals surface area contributed by atoms with Crippen molar-refractivity contribution in [2.75, 3.05) is 6.54 Å². The topological polar surface area (TPSA) is 12.4 Å². The molecule has 0 saturated carbocycles. The van der Waals surface area contributed by atoms with Crippen LogP contribution < -0.4 is 0 Å². The third-order valence-electron chi connectivity index (χ3n) is 1.83. The highest BCUT2D eigenvalue weighted by Gasteiger charge is 2.15. The van der Waals surface area contributed by atoms with Crippen molar-refractivity contribution in [2.45, 2.75) is 12.2 Å². The lowest BCUT2D eigenvalue weighted by Crippen LogP contribution is -1.94. The van der Waals surface area contributed by atoms with Crippen molar-refractivity contribution in [2.24, 2.45) is 4.99 Å². The molecule has 62 valence electrons. The third kappa shape index (κ3) is 1.53. The molecule has 1 nitrogen and oxygen atoms in total. The van der Waals surface area contributed by atoms with Crippen LogP contribution in [0.5, 0.6) is 0 Å². The van der Waals surface area contributed by atoms with Gasteiger partial charge in [0, 0.05) is 10.8 Å². The average molecular weight is 177 g/mol. The first-order valence-corrected chi connectivity index (χ1v) is 5.01. The first kappa shape index (κ1) is 7.87. The highest BCUT2D eigenvalue weighted by atomic mass is 32.2. The van der Waals surface area contributed by atoms with Gasteiger partial charge in [-0.2, -0.15) is 0 Å². The van der Waals surface area contributed by atoms with Gasteiger partial charge in [-0.25, -0.2) is 0 Å². The molecular weight excluding hydrogens is 166 g/mol. The molecule has 12 heavy (non-hydrogen) atoms. The number of hydrogen-bond donors (Lipinski definition) is 0. The van der Waals surface area contributed by atoms with Crippen LogP contribution in [0.2, 0.25) is 0 Å². The van der Waals surface area contributed by atoms with Crippen molar-refractivity contribution < 1.29 is 0 Å². The summed E-state index contributed by atoms with van der Waals surface area (Å²) in [5.74, 6) is 0. The van der Waals surface area contributed by atoms with Gasteiger partial charge in [-0.15, -0.1) is 11.8 Å². The summed E-state index contributed by atoms with van der Waals surface area (Å²) in [6.45, 7) is 3.18. The van der Waals surface area contributed by atoms with E-state index < -0.39 is 0 Å². The van der Waals surface area contributed by atoms with E-state index in [1.54, 1.807) is 0 Å². The zero-order valence-corrected chi connectivity index (χ0v) is 7.84. The van der Waals surface area contributed by atoms with Gasteiger partial charge in [-0.1, -0.05) is 37.3 Å². The molecule has 1 heterocycles. The van der Waals surface area contributed by atoms with Gasteiger partial charge < -0.3 is 0 Å². The van der Waals surface area contributed by atoms with E-state index in [1.165, 1.54) is 10.6 Å². The van der Waals surface area contributed by atoms with E-state index in [0.717, 1.165) is 6.54 Å². The Morgan fingerprint density at radius 1 is 1.33 bits per heavy atom. The van der Waals surface area contributed by atoms with E-state index in [4.69, 9.17) is 0 Å². The normalized spacial score (nSPS) is 22.4. The van der Waals surface area contributed by atoms with E-state index in [0.29, 0.717) is 5.25 Å². The van der Waals surface area contributed by atoms with Crippen LogP contribution in [0.15, 0.2) is 35.3 Å². The Balaban J connectivity index is 2.22. The maximum atomic E-state index is 4.47. The quantitative estimate of drug-likeness (QED) is 0.642. The Bertz CT molecular complexity index is 292. The van der Waals surface area contributed by atoms with Crippen LogP contribution in [0.3, 0.4) is 0 Å². The van der Waals surface area contributed by atoms with Crippen LogP contribution >= 0.6 is 11.8 Å². The van der Waals surface area contributed by atoms with E-state index in [9.17, 15) is 0 Å².